The molecule has 120 valence electrons. The molecule has 0 fully saturated rings. The summed E-state index contributed by atoms with van der Waals surface area (Å²) in [5, 5.41) is 2.10. The van der Waals surface area contributed by atoms with E-state index in [-0.39, 0.29) is 0 Å². The smallest absolute Gasteiger partial charge is 0.337 e. The number of carbonyl (C=O) groups excluding carboxylic acids is 2. The molecule has 1 amide bonds. The first kappa shape index (κ1) is 16.4. The van der Waals surface area contributed by atoms with Crippen molar-refractivity contribution >= 4 is 17.6 Å². The molecule has 0 saturated carbocycles. The first-order valence-corrected chi connectivity index (χ1v) is 6.56. The fourth-order valence-corrected chi connectivity index (χ4v) is 1.75. The molecule has 0 bridgehead atoms. The molecule has 0 spiro atoms. The number of amides is 1. The van der Waals surface area contributed by atoms with Gasteiger partial charge in [-0.3, -0.25) is 4.79 Å². The van der Waals surface area contributed by atoms with Gasteiger partial charge in [0, 0.05) is 0 Å². The third kappa shape index (κ3) is 4.26. The van der Waals surface area contributed by atoms with E-state index in [1.54, 1.807) is 0 Å². The molecular formula is C16H13F2NO4. The molecule has 0 unspecified atom stereocenters. The molecule has 0 aliphatic carbocycles. The van der Waals surface area contributed by atoms with Crippen molar-refractivity contribution in [1.29, 1.82) is 0 Å². The lowest BCUT2D eigenvalue weighted by atomic mass is 10.2. The third-order valence-electron chi connectivity index (χ3n) is 2.87. The summed E-state index contributed by atoms with van der Waals surface area (Å²) in [7, 11) is 1.26. The van der Waals surface area contributed by atoms with E-state index in [0.29, 0.717) is 11.3 Å². The number of nitrogens with one attached hydrogen (secondary N) is 1. The number of rotatable bonds is 5. The summed E-state index contributed by atoms with van der Waals surface area (Å²) >= 11 is 0. The Hall–Kier alpha value is -2.96. The molecule has 0 heterocycles. The highest BCUT2D eigenvalue weighted by molar-refractivity contribution is 5.92. The number of carbonyl (C=O) groups is 2. The van der Waals surface area contributed by atoms with Gasteiger partial charge in [0.15, 0.2) is 6.61 Å². The van der Waals surface area contributed by atoms with Crippen molar-refractivity contribution < 1.29 is 27.8 Å². The van der Waals surface area contributed by atoms with Gasteiger partial charge in [0.05, 0.1) is 12.7 Å². The van der Waals surface area contributed by atoms with Crippen LogP contribution in [-0.4, -0.2) is 25.6 Å². The molecule has 0 aliphatic heterocycles. The Kier molecular flexibility index (Phi) is 5.24. The second-order valence-corrected chi connectivity index (χ2v) is 4.45. The Labute approximate surface area is 130 Å². The minimum absolute atomic E-state index is 0.321. The van der Waals surface area contributed by atoms with E-state index in [1.807, 2.05) is 0 Å². The van der Waals surface area contributed by atoms with E-state index in [4.69, 9.17) is 4.74 Å². The van der Waals surface area contributed by atoms with Gasteiger partial charge in [-0.2, -0.15) is 0 Å². The summed E-state index contributed by atoms with van der Waals surface area (Å²) in [6, 6.07) is 9.15. The van der Waals surface area contributed by atoms with Crippen LogP contribution >= 0.6 is 0 Å². The van der Waals surface area contributed by atoms with Gasteiger partial charge < -0.3 is 14.8 Å². The summed E-state index contributed by atoms with van der Waals surface area (Å²) in [4.78, 5) is 22.9. The highest BCUT2D eigenvalue weighted by atomic mass is 19.1. The largest absolute Gasteiger partial charge is 0.484 e. The van der Waals surface area contributed by atoms with Crippen LogP contribution in [0.4, 0.5) is 14.5 Å². The molecule has 5 nitrogen and oxygen atoms in total. The van der Waals surface area contributed by atoms with Crippen molar-refractivity contribution in [3.8, 4) is 5.75 Å². The molecule has 0 radical (unpaired) electrons. The fraction of sp³-hybridized carbons (Fsp3) is 0.125. The van der Waals surface area contributed by atoms with E-state index in [1.165, 1.54) is 37.4 Å². The highest BCUT2D eigenvalue weighted by Crippen LogP contribution is 2.18. The van der Waals surface area contributed by atoms with Crippen LogP contribution in [-0.2, 0) is 9.53 Å². The minimum atomic E-state index is -0.874. The van der Waals surface area contributed by atoms with Crippen LogP contribution in [0.1, 0.15) is 10.4 Å². The van der Waals surface area contributed by atoms with Gasteiger partial charge in [-0.25, -0.2) is 13.6 Å². The summed E-state index contributed by atoms with van der Waals surface area (Å²) < 4.78 is 36.5. The molecule has 0 saturated heterocycles. The van der Waals surface area contributed by atoms with E-state index < -0.39 is 35.8 Å². The van der Waals surface area contributed by atoms with Crippen LogP contribution in [0.3, 0.4) is 0 Å². The van der Waals surface area contributed by atoms with Gasteiger partial charge in [0.25, 0.3) is 5.91 Å². The monoisotopic (exact) mass is 321 g/mol. The molecular weight excluding hydrogens is 308 g/mol. The Morgan fingerprint density at radius 3 is 2.22 bits per heavy atom. The van der Waals surface area contributed by atoms with Gasteiger partial charge in [-0.1, -0.05) is 6.07 Å². The maximum absolute atomic E-state index is 13.4. The number of anilines is 1. The van der Waals surface area contributed by atoms with Crippen molar-refractivity contribution in [2.75, 3.05) is 19.0 Å². The summed E-state index contributed by atoms with van der Waals surface area (Å²) in [5.74, 6) is -2.64. The Bertz CT molecular complexity index is 696. The summed E-state index contributed by atoms with van der Waals surface area (Å²) in [6.07, 6.45) is 0. The Morgan fingerprint density at radius 1 is 1.04 bits per heavy atom. The molecule has 0 aromatic heterocycles. The zero-order chi connectivity index (χ0) is 16.8. The number of hydrogen-bond donors (Lipinski definition) is 1. The van der Waals surface area contributed by atoms with Gasteiger partial charge in [-0.15, -0.1) is 0 Å². The average Bonchev–Trinajstić information content (AvgIpc) is 2.56. The van der Waals surface area contributed by atoms with Gasteiger partial charge in [-0.05, 0) is 36.4 Å². The third-order valence-corrected chi connectivity index (χ3v) is 2.87. The van der Waals surface area contributed by atoms with Gasteiger partial charge in [0.2, 0.25) is 0 Å². The molecule has 2 rings (SSSR count). The molecule has 0 atom stereocenters. The number of halogens is 2. The standard InChI is InChI=1S/C16H13F2NO4/c1-22-16(21)10-5-7-11(8-6-10)23-9-14(20)19-15-12(17)3-2-4-13(15)18/h2-8H,9H2,1H3,(H,19,20). The van der Waals surface area contributed by atoms with Crippen molar-refractivity contribution in [2.45, 2.75) is 0 Å². The van der Waals surface area contributed by atoms with Crippen LogP contribution in [0.2, 0.25) is 0 Å². The van der Waals surface area contributed by atoms with Crippen molar-refractivity contribution in [3.63, 3.8) is 0 Å². The maximum atomic E-state index is 13.4. The summed E-state index contributed by atoms with van der Waals surface area (Å²) in [5.41, 5.74) is -0.195. The topological polar surface area (TPSA) is 64.6 Å². The van der Waals surface area contributed by atoms with E-state index in [0.717, 1.165) is 12.1 Å². The number of benzene rings is 2. The Balaban J connectivity index is 1.93. The SMILES string of the molecule is COC(=O)c1ccc(OCC(=O)Nc2c(F)cccc2F)cc1. The van der Waals surface area contributed by atoms with Crippen LogP contribution in [0.25, 0.3) is 0 Å². The lowest BCUT2D eigenvalue weighted by Gasteiger charge is -2.09. The second kappa shape index (κ2) is 7.35. The van der Waals surface area contributed by atoms with E-state index >= 15 is 0 Å². The lowest BCUT2D eigenvalue weighted by Crippen LogP contribution is -2.21. The van der Waals surface area contributed by atoms with E-state index in [9.17, 15) is 18.4 Å². The van der Waals surface area contributed by atoms with Crippen LogP contribution in [0, 0.1) is 11.6 Å². The highest BCUT2D eigenvalue weighted by Gasteiger charge is 2.12. The number of methoxy groups -OCH3 is 1. The zero-order valence-corrected chi connectivity index (χ0v) is 12.1. The molecule has 0 aliphatic rings. The predicted molar refractivity (Wildman–Crippen MR) is 78.3 cm³/mol. The van der Waals surface area contributed by atoms with Crippen LogP contribution in [0.15, 0.2) is 42.5 Å². The predicted octanol–water partition coefficient (Wildman–Crippen LogP) is 2.77. The van der Waals surface area contributed by atoms with Gasteiger partial charge in [0.1, 0.15) is 23.1 Å². The lowest BCUT2D eigenvalue weighted by molar-refractivity contribution is -0.118. The van der Waals surface area contributed by atoms with E-state index in [2.05, 4.69) is 10.1 Å². The second-order valence-electron chi connectivity index (χ2n) is 4.45. The van der Waals surface area contributed by atoms with Gasteiger partial charge >= 0.3 is 5.97 Å². The quantitative estimate of drug-likeness (QED) is 0.860. The fourth-order valence-electron chi connectivity index (χ4n) is 1.75. The molecule has 7 heteroatoms. The van der Waals surface area contributed by atoms with Crippen molar-refractivity contribution in [1.82, 2.24) is 0 Å². The molecule has 2 aromatic carbocycles. The van der Waals surface area contributed by atoms with Crippen molar-refractivity contribution in [2.24, 2.45) is 0 Å². The molecule has 1 N–H and O–H groups in total. The molecule has 2 aromatic rings. The number of hydrogen-bond acceptors (Lipinski definition) is 4. The van der Waals surface area contributed by atoms with Crippen molar-refractivity contribution in [3.05, 3.63) is 59.7 Å². The maximum Gasteiger partial charge on any atom is 0.337 e. The zero-order valence-electron chi connectivity index (χ0n) is 12.1. The number of esters is 1. The summed E-state index contributed by atoms with van der Waals surface area (Å²) in [6.45, 7) is -0.439. The van der Waals surface area contributed by atoms with Crippen LogP contribution in [0.5, 0.6) is 5.75 Å². The number of para-hydroxylation sites is 1. The molecule has 23 heavy (non-hydrogen) atoms. The Morgan fingerprint density at radius 2 is 1.65 bits per heavy atom. The normalized spacial score (nSPS) is 10.0. The first-order chi connectivity index (χ1) is 11.0. The number of ether oxygens (including phenoxy) is 2. The van der Waals surface area contributed by atoms with Crippen LogP contribution < -0.4 is 10.1 Å². The minimum Gasteiger partial charge on any atom is -0.484 e. The average molecular weight is 321 g/mol. The first-order valence-electron chi connectivity index (χ1n) is 6.56.